The van der Waals surface area contributed by atoms with Crippen LogP contribution in [0.25, 0.3) is 0 Å². The SMILES string of the molecule is CC(C)(C)Cc1nc(Br)c2n1C(N)CCC2. The zero-order valence-electron chi connectivity index (χ0n) is 10.3. The normalized spacial score (nSPS) is 20.9. The van der Waals surface area contributed by atoms with Gasteiger partial charge in [-0.2, -0.15) is 0 Å². The van der Waals surface area contributed by atoms with Crippen LogP contribution in [0, 0.1) is 5.41 Å². The fraction of sp³-hybridized carbons (Fsp3) is 0.750. The van der Waals surface area contributed by atoms with Gasteiger partial charge in [0.05, 0.1) is 11.9 Å². The van der Waals surface area contributed by atoms with Gasteiger partial charge < -0.3 is 10.3 Å². The number of rotatable bonds is 1. The van der Waals surface area contributed by atoms with E-state index in [4.69, 9.17) is 5.73 Å². The van der Waals surface area contributed by atoms with E-state index >= 15 is 0 Å². The van der Waals surface area contributed by atoms with Crippen molar-refractivity contribution in [3.8, 4) is 0 Å². The molecule has 1 aliphatic rings. The summed E-state index contributed by atoms with van der Waals surface area (Å²) in [4.78, 5) is 4.63. The molecule has 0 amide bonds. The van der Waals surface area contributed by atoms with Gasteiger partial charge in [0.1, 0.15) is 10.4 Å². The fourth-order valence-electron chi connectivity index (χ4n) is 2.31. The molecule has 0 aliphatic carbocycles. The molecule has 2 rings (SSSR count). The summed E-state index contributed by atoms with van der Waals surface area (Å²) in [6.07, 6.45) is 4.40. The molecule has 0 saturated heterocycles. The predicted molar refractivity (Wildman–Crippen MR) is 69.2 cm³/mol. The lowest BCUT2D eigenvalue weighted by molar-refractivity contribution is 0.355. The highest BCUT2D eigenvalue weighted by molar-refractivity contribution is 9.10. The van der Waals surface area contributed by atoms with Crippen molar-refractivity contribution in [1.29, 1.82) is 0 Å². The molecule has 16 heavy (non-hydrogen) atoms. The first kappa shape index (κ1) is 12.1. The number of hydrogen-bond donors (Lipinski definition) is 1. The summed E-state index contributed by atoms with van der Waals surface area (Å²) in [5.74, 6) is 1.13. The van der Waals surface area contributed by atoms with Gasteiger partial charge in [0.2, 0.25) is 0 Å². The second-order valence-corrected chi connectivity index (χ2v) is 6.58. The molecular weight excluding hydrogens is 266 g/mol. The summed E-state index contributed by atoms with van der Waals surface area (Å²) in [6.45, 7) is 6.70. The van der Waals surface area contributed by atoms with Crippen molar-refractivity contribution in [1.82, 2.24) is 9.55 Å². The van der Waals surface area contributed by atoms with Crippen LogP contribution in [0.4, 0.5) is 0 Å². The molecule has 0 fully saturated rings. The maximum absolute atomic E-state index is 6.18. The average Bonchev–Trinajstić information content (AvgIpc) is 2.42. The van der Waals surface area contributed by atoms with Gasteiger partial charge in [-0.25, -0.2) is 4.98 Å². The number of imidazole rings is 1. The van der Waals surface area contributed by atoms with E-state index in [-0.39, 0.29) is 11.6 Å². The lowest BCUT2D eigenvalue weighted by Crippen LogP contribution is -2.27. The van der Waals surface area contributed by atoms with Crippen LogP contribution in [-0.4, -0.2) is 9.55 Å². The van der Waals surface area contributed by atoms with E-state index in [2.05, 4.69) is 46.3 Å². The Kier molecular flexibility index (Phi) is 3.14. The first-order valence-electron chi connectivity index (χ1n) is 5.89. The molecule has 0 radical (unpaired) electrons. The molecule has 1 aromatic rings. The van der Waals surface area contributed by atoms with Gasteiger partial charge in [-0.3, -0.25) is 0 Å². The molecule has 2 heterocycles. The largest absolute Gasteiger partial charge is 0.315 e. The summed E-state index contributed by atoms with van der Waals surface area (Å²) >= 11 is 3.55. The molecule has 0 saturated carbocycles. The minimum Gasteiger partial charge on any atom is -0.315 e. The van der Waals surface area contributed by atoms with E-state index in [1.54, 1.807) is 0 Å². The monoisotopic (exact) mass is 285 g/mol. The van der Waals surface area contributed by atoms with Gasteiger partial charge in [0, 0.05) is 6.42 Å². The lowest BCUT2D eigenvalue weighted by Gasteiger charge is -2.26. The second-order valence-electron chi connectivity index (χ2n) is 5.83. The van der Waals surface area contributed by atoms with Crippen molar-refractivity contribution in [2.24, 2.45) is 11.1 Å². The van der Waals surface area contributed by atoms with Gasteiger partial charge in [-0.05, 0) is 40.6 Å². The summed E-state index contributed by atoms with van der Waals surface area (Å²) in [7, 11) is 0. The highest BCUT2D eigenvalue weighted by atomic mass is 79.9. The molecule has 1 aliphatic heterocycles. The third-order valence-corrected chi connectivity index (χ3v) is 3.60. The molecule has 2 N–H and O–H groups in total. The topological polar surface area (TPSA) is 43.8 Å². The number of nitrogens with zero attached hydrogens (tertiary/aromatic N) is 2. The number of fused-ring (bicyclic) bond motifs is 1. The standard InChI is InChI=1S/C12H20BrN3/c1-12(2,3)7-10-15-11(13)8-5-4-6-9(14)16(8)10/h9H,4-7,14H2,1-3H3. The van der Waals surface area contributed by atoms with Gasteiger partial charge in [0.15, 0.2) is 0 Å². The molecule has 1 atom stereocenters. The van der Waals surface area contributed by atoms with Gasteiger partial charge in [-0.15, -0.1) is 0 Å². The lowest BCUT2D eigenvalue weighted by atomic mass is 9.92. The predicted octanol–water partition coefficient (Wildman–Crippen LogP) is 3.03. The maximum atomic E-state index is 6.18. The van der Waals surface area contributed by atoms with Crippen molar-refractivity contribution in [3.63, 3.8) is 0 Å². The molecule has 3 nitrogen and oxygen atoms in total. The third-order valence-electron chi connectivity index (χ3n) is 2.97. The van der Waals surface area contributed by atoms with Crippen molar-refractivity contribution in [3.05, 3.63) is 16.1 Å². The van der Waals surface area contributed by atoms with Crippen LogP contribution in [0.3, 0.4) is 0 Å². The van der Waals surface area contributed by atoms with Crippen LogP contribution in [0.5, 0.6) is 0 Å². The summed E-state index contributed by atoms with van der Waals surface area (Å²) < 4.78 is 3.22. The minimum absolute atomic E-state index is 0.111. The fourth-order valence-corrected chi connectivity index (χ4v) is 2.90. The van der Waals surface area contributed by atoms with Crippen molar-refractivity contribution >= 4 is 15.9 Å². The number of aromatic nitrogens is 2. The van der Waals surface area contributed by atoms with Crippen molar-refractivity contribution in [2.75, 3.05) is 0 Å². The van der Waals surface area contributed by atoms with Crippen LogP contribution in [0.15, 0.2) is 4.60 Å². The number of halogens is 1. The van der Waals surface area contributed by atoms with Crippen LogP contribution >= 0.6 is 15.9 Å². The van der Waals surface area contributed by atoms with Crippen LogP contribution in [0.2, 0.25) is 0 Å². The molecule has 4 heteroatoms. The first-order chi connectivity index (χ1) is 7.38. The molecule has 1 aromatic heterocycles. The zero-order valence-corrected chi connectivity index (χ0v) is 11.8. The summed E-state index contributed by atoms with van der Waals surface area (Å²) in [5.41, 5.74) is 7.71. The second kappa shape index (κ2) is 4.15. The Labute approximate surface area is 106 Å². The zero-order chi connectivity index (χ0) is 11.9. The Bertz CT molecular complexity index is 390. The van der Waals surface area contributed by atoms with Crippen LogP contribution in [0.1, 0.15) is 51.3 Å². The Balaban J connectivity index is 2.39. The van der Waals surface area contributed by atoms with Crippen molar-refractivity contribution < 1.29 is 0 Å². The third kappa shape index (κ3) is 2.33. The van der Waals surface area contributed by atoms with Gasteiger partial charge in [0.25, 0.3) is 0 Å². The van der Waals surface area contributed by atoms with Gasteiger partial charge >= 0.3 is 0 Å². The maximum Gasteiger partial charge on any atom is 0.127 e. The van der Waals surface area contributed by atoms with Crippen LogP contribution < -0.4 is 5.73 Å². The average molecular weight is 286 g/mol. The molecular formula is C12H20BrN3. The number of nitrogens with two attached hydrogens (primary N) is 1. The Hall–Kier alpha value is -0.350. The van der Waals surface area contributed by atoms with Gasteiger partial charge in [-0.1, -0.05) is 20.8 Å². The first-order valence-corrected chi connectivity index (χ1v) is 6.69. The van der Waals surface area contributed by atoms with Crippen molar-refractivity contribution in [2.45, 2.75) is 52.6 Å². The Morgan fingerprint density at radius 3 is 2.81 bits per heavy atom. The van der Waals surface area contributed by atoms with E-state index in [9.17, 15) is 0 Å². The van der Waals surface area contributed by atoms with E-state index < -0.39 is 0 Å². The summed E-state index contributed by atoms with van der Waals surface area (Å²) in [6, 6.07) is 0. The highest BCUT2D eigenvalue weighted by Crippen LogP contribution is 2.31. The van der Waals surface area contributed by atoms with E-state index in [1.165, 1.54) is 12.1 Å². The Morgan fingerprint density at radius 2 is 2.19 bits per heavy atom. The smallest absolute Gasteiger partial charge is 0.127 e. The summed E-state index contributed by atoms with van der Waals surface area (Å²) in [5, 5.41) is 0. The van der Waals surface area contributed by atoms with E-state index in [0.717, 1.165) is 29.7 Å². The van der Waals surface area contributed by atoms with Crippen LogP contribution in [-0.2, 0) is 12.8 Å². The molecule has 0 aromatic carbocycles. The quantitative estimate of drug-likeness (QED) is 0.862. The molecule has 90 valence electrons. The molecule has 0 bridgehead atoms. The van der Waals surface area contributed by atoms with E-state index in [0.29, 0.717) is 0 Å². The highest BCUT2D eigenvalue weighted by Gasteiger charge is 2.25. The molecule has 0 spiro atoms. The minimum atomic E-state index is 0.111. The number of hydrogen-bond acceptors (Lipinski definition) is 2. The molecule has 1 unspecified atom stereocenters. The Morgan fingerprint density at radius 1 is 1.50 bits per heavy atom. The van der Waals surface area contributed by atoms with E-state index in [1.807, 2.05) is 0 Å².